The van der Waals surface area contributed by atoms with Crippen LogP contribution in [-0.4, -0.2) is 65.4 Å². The SMILES string of the molecule is O=C1CCC(N2Cc3cccc(CN4CCNCC4CC(F)(F)F)c3C2=O)C(=O)N1. The normalized spacial score (nSPS) is 25.4. The van der Waals surface area contributed by atoms with Crippen LogP contribution in [0.1, 0.15) is 40.7 Å². The summed E-state index contributed by atoms with van der Waals surface area (Å²) >= 11 is 0. The second-order valence-corrected chi connectivity index (χ2v) is 8.00. The Balaban J connectivity index is 1.54. The summed E-state index contributed by atoms with van der Waals surface area (Å²) in [6.45, 7) is 1.77. The summed E-state index contributed by atoms with van der Waals surface area (Å²) in [5.41, 5.74) is 1.89. The van der Waals surface area contributed by atoms with Crippen LogP contribution >= 0.6 is 0 Å². The number of rotatable bonds is 4. The number of benzene rings is 1. The van der Waals surface area contributed by atoms with Gasteiger partial charge < -0.3 is 10.2 Å². The van der Waals surface area contributed by atoms with Gasteiger partial charge in [-0.15, -0.1) is 0 Å². The Morgan fingerprint density at radius 1 is 1.17 bits per heavy atom. The summed E-state index contributed by atoms with van der Waals surface area (Å²) in [7, 11) is 0. The maximum absolute atomic E-state index is 13.1. The summed E-state index contributed by atoms with van der Waals surface area (Å²) < 4.78 is 38.9. The minimum Gasteiger partial charge on any atom is -0.322 e. The van der Waals surface area contributed by atoms with Crippen LogP contribution in [0.3, 0.4) is 0 Å². The average Bonchev–Trinajstić information content (AvgIpc) is 3.00. The largest absolute Gasteiger partial charge is 0.390 e. The van der Waals surface area contributed by atoms with Gasteiger partial charge in [-0.2, -0.15) is 13.2 Å². The first kappa shape index (κ1) is 20.8. The van der Waals surface area contributed by atoms with Crippen molar-refractivity contribution in [3.8, 4) is 0 Å². The molecular formula is C20H23F3N4O3. The van der Waals surface area contributed by atoms with Gasteiger partial charge in [0.15, 0.2) is 0 Å². The number of hydrogen-bond acceptors (Lipinski definition) is 5. The number of nitrogens with one attached hydrogen (secondary N) is 2. The maximum Gasteiger partial charge on any atom is 0.390 e. The van der Waals surface area contributed by atoms with Crippen LogP contribution in [0.25, 0.3) is 0 Å². The number of piperazine rings is 1. The van der Waals surface area contributed by atoms with Gasteiger partial charge in [-0.05, 0) is 17.5 Å². The van der Waals surface area contributed by atoms with Gasteiger partial charge >= 0.3 is 6.18 Å². The second kappa shape index (κ2) is 7.99. The predicted molar refractivity (Wildman–Crippen MR) is 100 cm³/mol. The fourth-order valence-corrected chi connectivity index (χ4v) is 4.52. The number of fused-ring (bicyclic) bond motifs is 1. The molecule has 3 heterocycles. The third kappa shape index (κ3) is 4.20. The number of piperidine rings is 1. The molecule has 30 heavy (non-hydrogen) atoms. The van der Waals surface area contributed by atoms with E-state index < -0.39 is 30.6 Å². The number of nitrogens with zero attached hydrogens (tertiary/aromatic N) is 2. The zero-order valence-corrected chi connectivity index (χ0v) is 16.3. The van der Waals surface area contributed by atoms with Crippen LogP contribution in [0.4, 0.5) is 13.2 Å². The summed E-state index contributed by atoms with van der Waals surface area (Å²) in [5.74, 6) is -1.14. The van der Waals surface area contributed by atoms with Crippen LogP contribution in [0.2, 0.25) is 0 Å². The smallest absolute Gasteiger partial charge is 0.322 e. The Bertz CT molecular complexity index is 873. The number of carbonyl (C=O) groups is 3. The van der Waals surface area contributed by atoms with Gasteiger partial charge in [0.1, 0.15) is 6.04 Å². The van der Waals surface area contributed by atoms with E-state index in [4.69, 9.17) is 0 Å². The number of amides is 3. The summed E-state index contributed by atoms with van der Waals surface area (Å²) in [4.78, 5) is 40.0. The number of imide groups is 1. The summed E-state index contributed by atoms with van der Waals surface area (Å²) in [6.07, 6.45) is -4.74. The molecule has 2 fully saturated rings. The maximum atomic E-state index is 13.1. The molecule has 2 saturated heterocycles. The fourth-order valence-electron chi connectivity index (χ4n) is 4.52. The standard InChI is InChI=1S/C20H23F3N4O3/c21-20(22,23)8-14-9-24-6-7-26(14)10-12-2-1-3-13-11-27(19(30)17(12)13)15-4-5-16(28)25-18(15)29/h1-3,14-15,24H,4-11H2,(H,25,28,29). The van der Waals surface area contributed by atoms with Crippen LogP contribution in [0.5, 0.6) is 0 Å². The van der Waals surface area contributed by atoms with Gasteiger partial charge in [0.25, 0.3) is 5.91 Å². The van der Waals surface area contributed by atoms with Crippen molar-refractivity contribution in [2.75, 3.05) is 19.6 Å². The minimum absolute atomic E-state index is 0.170. The highest BCUT2D eigenvalue weighted by Crippen LogP contribution is 2.32. The van der Waals surface area contributed by atoms with Crippen molar-refractivity contribution in [1.82, 2.24) is 20.4 Å². The van der Waals surface area contributed by atoms with E-state index >= 15 is 0 Å². The van der Waals surface area contributed by atoms with Gasteiger partial charge in [-0.25, -0.2) is 0 Å². The van der Waals surface area contributed by atoms with Crippen molar-refractivity contribution in [3.05, 3.63) is 34.9 Å². The highest BCUT2D eigenvalue weighted by Gasteiger charge is 2.41. The summed E-state index contributed by atoms with van der Waals surface area (Å²) in [5, 5.41) is 5.27. The Morgan fingerprint density at radius 2 is 1.97 bits per heavy atom. The Hall–Kier alpha value is -2.46. The van der Waals surface area contributed by atoms with E-state index in [1.807, 2.05) is 0 Å². The second-order valence-electron chi connectivity index (χ2n) is 8.00. The fraction of sp³-hybridized carbons (Fsp3) is 0.550. The van der Waals surface area contributed by atoms with E-state index in [-0.39, 0.29) is 44.3 Å². The molecule has 1 aromatic rings. The average molecular weight is 424 g/mol. The van der Waals surface area contributed by atoms with Gasteiger partial charge in [-0.1, -0.05) is 18.2 Å². The van der Waals surface area contributed by atoms with E-state index in [1.54, 1.807) is 23.1 Å². The van der Waals surface area contributed by atoms with Gasteiger partial charge in [0, 0.05) is 50.7 Å². The van der Waals surface area contributed by atoms with E-state index in [1.165, 1.54) is 4.90 Å². The van der Waals surface area contributed by atoms with Gasteiger partial charge in [0.2, 0.25) is 11.8 Å². The van der Waals surface area contributed by atoms with Crippen molar-refractivity contribution < 1.29 is 27.6 Å². The molecule has 2 unspecified atom stereocenters. The molecular weight excluding hydrogens is 401 g/mol. The molecule has 10 heteroatoms. The number of carbonyl (C=O) groups excluding carboxylic acids is 3. The number of alkyl halides is 3. The van der Waals surface area contributed by atoms with Crippen LogP contribution < -0.4 is 10.6 Å². The molecule has 162 valence electrons. The molecule has 0 spiro atoms. The van der Waals surface area contributed by atoms with Crippen LogP contribution in [-0.2, 0) is 22.7 Å². The lowest BCUT2D eigenvalue weighted by Crippen LogP contribution is -2.53. The zero-order chi connectivity index (χ0) is 21.5. The predicted octanol–water partition coefficient (Wildman–Crippen LogP) is 1.17. The molecule has 1 aromatic carbocycles. The third-order valence-corrected chi connectivity index (χ3v) is 5.95. The first-order chi connectivity index (χ1) is 14.2. The lowest BCUT2D eigenvalue weighted by Gasteiger charge is -2.37. The minimum atomic E-state index is -4.26. The molecule has 0 saturated carbocycles. The number of halogens is 3. The molecule has 3 aliphatic heterocycles. The molecule has 7 nitrogen and oxygen atoms in total. The monoisotopic (exact) mass is 424 g/mol. The Morgan fingerprint density at radius 3 is 2.70 bits per heavy atom. The molecule has 0 bridgehead atoms. The molecule has 0 radical (unpaired) electrons. The van der Waals surface area contributed by atoms with Gasteiger partial charge in [-0.3, -0.25) is 24.6 Å². The topological polar surface area (TPSA) is 81.8 Å². The first-order valence-electron chi connectivity index (χ1n) is 10.00. The molecule has 0 aromatic heterocycles. The van der Waals surface area contributed by atoms with Crippen molar-refractivity contribution >= 4 is 17.7 Å². The highest BCUT2D eigenvalue weighted by molar-refractivity contribution is 6.05. The van der Waals surface area contributed by atoms with Crippen LogP contribution in [0.15, 0.2) is 18.2 Å². The quantitative estimate of drug-likeness (QED) is 0.710. The van der Waals surface area contributed by atoms with Crippen molar-refractivity contribution in [3.63, 3.8) is 0 Å². The van der Waals surface area contributed by atoms with Crippen molar-refractivity contribution in [2.45, 2.75) is 50.6 Å². The van der Waals surface area contributed by atoms with E-state index in [0.717, 1.165) is 5.56 Å². The van der Waals surface area contributed by atoms with E-state index in [0.29, 0.717) is 24.2 Å². The lowest BCUT2D eigenvalue weighted by molar-refractivity contribution is -0.149. The Kier molecular flexibility index (Phi) is 5.54. The first-order valence-corrected chi connectivity index (χ1v) is 10.00. The van der Waals surface area contributed by atoms with Crippen molar-refractivity contribution in [1.29, 1.82) is 0 Å². The molecule has 3 aliphatic rings. The van der Waals surface area contributed by atoms with Crippen LogP contribution in [0, 0.1) is 0 Å². The summed E-state index contributed by atoms with van der Waals surface area (Å²) in [6, 6.07) is 3.94. The Labute approximate surface area is 171 Å². The highest BCUT2D eigenvalue weighted by atomic mass is 19.4. The molecule has 3 amide bonds. The third-order valence-electron chi connectivity index (χ3n) is 5.95. The number of hydrogen-bond donors (Lipinski definition) is 2. The van der Waals surface area contributed by atoms with Crippen molar-refractivity contribution in [2.24, 2.45) is 0 Å². The molecule has 2 atom stereocenters. The lowest BCUT2D eigenvalue weighted by atomic mass is 10.0. The molecule has 4 rings (SSSR count). The molecule has 0 aliphatic carbocycles. The van der Waals surface area contributed by atoms with E-state index in [9.17, 15) is 27.6 Å². The van der Waals surface area contributed by atoms with Gasteiger partial charge in [0.05, 0.1) is 6.42 Å². The molecule has 2 N–H and O–H groups in total. The van der Waals surface area contributed by atoms with E-state index in [2.05, 4.69) is 10.6 Å². The zero-order valence-electron chi connectivity index (χ0n) is 16.3.